The van der Waals surface area contributed by atoms with Gasteiger partial charge in [-0.05, 0) is 42.3 Å². The van der Waals surface area contributed by atoms with Crippen LogP contribution in [0.15, 0.2) is 24.2 Å². The minimum atomic E-state index is -2.03. The molecule has 0 aromatic heterocycles. The summed E-state index contributed by atoms with van der Waals surface area (Å²) < 4.78 is 17.1. The van der Waals surface area contributed by atoms with Crippen molar-refractivity contribution in [2.45, 2.75) is 77.8 Å². The summed E-state index contributed by atoms with van der Waals surface area (Å²) in [6.07, 6.45) is 4.69. The molecule has 0 aromatic rings. The molecule has 0 aliphatic heterocycles. The molecule has 0 saturated carbocycles. The number of hydrogen-bond donors (Lipinski definition) is 0. The lowest BCUT2D eigenvalue weighted by atomic mass is 10.2. The molecule has 0 N–H and O–H groups in total. The first-order valence-corrected chi connectivity index (χ1v) is 14.2. The molecule has 0 fully saturated rings. The minimum absolute atomic E-state index is 0.0577. The van der Waals surface area contributed by atoms with Crippen LogP contribution >= 0.6 is 0 Å². The van der Waals surface area contributed by atoms with Crippen LogP contribution in [0.3, 0.4) is 0 Å². The third-order valence-corrected chi connectivity index (χ3v) is 13.7. The Hall–Kier alpha value is -1.02. The second kappa shape index (κ2) is 7.91. The monoisotopic (exact) mass is 372 g/mol. The van der Waals surface area contributed by atoms with Gasteiger partial charge in [-0.2, -0.15) is 0 Å². The number of methoxy groups -OCH3 is 1. The molecule has 4 nitrogen and oxygen atoms in total. The molecule has 0 aliphatic carbocycles. The summed E-state index contributed by atoms with van der Waals surface area (Å²) >= 11 is 0. The van der Waals surface area contributed by atoms with Gasteiger partial charge in [-0.15, -0.1) is 0 Å². The average Bonchev–Trinajstić information content (AvgIpc) is 2.38. The molecule has 0 heterocycles. The van der Waals surface area contributed by atoms with Crippen LogP contribution in [0.2, 0.25) is 36.3 Å². The maximum absolute atomic E-state index is 11.4. The lowest BCUT2D eigenvalue weighted by Crippen LogP contribution is -2.41. The van der Waals surface area contributed by atoms with E-state index in [-0.39, 0.29) is 10.1 Å². The van der Waals surface area contributed by atoms with Crippen LogP contribution in [-0.4, -0.2) is 29.7 Å². The van der Waals surface area contributed by atoms with Crippen molar-refractivity contribution >= 4 is 22.6 Å². The van der Waals surface area contributed by atoms with Crippen molar-refractivity contribution in [1.29, 1.82) is 0 Å². The van der Waals surface area contributed by atoms with Gasteiger partial charge in [0.15, 0.2) is 0 Å². The summed E-state index contributed by atoms with van der Waals surface area (Å²) in [4.78, 5) is 11.4. The highest BCUT2D eigenvalue weighted by molar-refractivity contribution is 6.74. The normalized spacial score (nSPS) is 14.7. The fourth-order valence-electron chi connectivity index (χ4n) is 1.15. The van der Waals surface area contributed by atoms with Crippen LogP contribution in [0.5, 0.6) is 0 Å². The van der Waals surface area contributed by atoms with Gasteiger partial charge < -0.3 is 13.6 Å². The van der Waals surface area contributed by atoms with Gasteiger partial charge in [0.25, 0.3) is 8.32 Å². The van der Waals surface area contributed by atoms with Crippen LogP contribution < -0.4 is 0 Å². The number of rotatable bonds is 6. The summed E-state index contributed by atoms with van der Waals surface area (Å²) in [6, 6.07) is 0. The predicted octanol–water partition coefficient (Wildman–Crippen LogP) is 5.60. The highest BCUT2D eigenvalue weighted by Gasteiger charge is 2.40. The van der Waals surface area contributed by atoms with Gasteiger partial charge in [-0.1, -0.05) is 41.5 Å². The molecule has 0 saturated heterocycles. The van der Waals surface area contributed by atoms with Crippen molar-refractivity contribution < 1.29 is 18.4 Å². The van der Waals surface area contributed by atoms with Crippen LogP contribution in [-0.2, 0) is 18.4 Å². The summed E-state index contributed by atoms with van der Waals surface area (Å²) in [7, 11) is -2.62. The molecule has 0 spiro atoms. The number of carbonyl (C=O) groups excluding carboxylic acids is 1. The van der Waals surface area contributed by atoms with Crippen molar-refractivity contribution in [3.05, 3.63) is 24.2 Å². The average molecular weight is 373 g/mol. The van der Waals surface area contributed by atoms with E-state index in [0.717, 1.165) is 0 Å². The molecule has 0 unspecified atom stereocenters. The largest absolute Gasteiger partial charge is 0.546 e. The first-order valence-electron chi connectivity index (χ1n) is 8.36. The fourth-order valence-corrected chi connectivity index (χ4v) is 2.92. The molecular weight excluding hydrogens is 336 g/mol. The van der Waals surface area contributed by atoms with E-state index in [1.807, 2.05) is 0 Å². The Balaban J connectivity index is 5.54. The third-order valence-electron chi connectivity index (χ3n) is 5.04. The first kappa shape index (κ1) is 23.0. The zero-order valence-corrected chi connectivity index (χ0v) is 19.4. The van der Waals surface area contributed by atoms with E-state index in [4.69, 9.17) is 8.85 Å². The smallest absolute Gasteiger partial charge is 0.330 e. The van der Waals surface area contributed by atoms with Crippen molar-refractivity contribution in [2.75, 3.05) is 7.11 Å². The SMILES string of the molecule is COC(=O)/C=C/C(=C/O[Si](C)(C)C(C)(C)C)O[Si](C)(C)C(C)(C)C. The topological polar surface area (TPSA) is 44.8 Å². The number of esters is 1. The zero-order valence-electron chi connectivity index (χ0n) is 17.4. The number of allylic oxidation sites excluding steroid dienone is 1. The van der Waals surface area contributed by atoms with Crippen molar-refractivity contribution in [2.24, 2.45) is 0 Å². The van der Waals surface area contributed by atoms with Crippen LogP contribution in [0.4, 0.5) is 0 Å². The van der Waals surface area contributed by atoms with E-state index in [2.05, 4.69) is 72.5 Å². The van der Waals surface area contributed by atoms with Crippen LogP contribution in [0.1, 0.15) is 41.5 Å². The van der Waals surface area contributed by atoms with Crippen LogP contribution in [0, 0.1) is 0 Å². The maximum Gasteiger partial charge on any atom is 0.330 e. The van der Waals surface area contributed by atoms with Gasteiger partial charge in [-0.3, -0.25) is 0 Å². The van der Waals surface area contributed by atoms with Crippen molar-refractivity contribution in [1.82, 2.24) is 0 Å². The lowest BCUT2D eigenvalue weighted by molar-refractivity contribution is -0.134. The van der Waals surface area contributed by atoms with Crippen molar-refractivity contribution in [3.8, 4) is 0 Å². The molecule has 0 aliphatic rings. The zero-order chi connectivity index (χ0) is 19.4. The van der Waals surface area contributed by atoms with Gasteiger partial charge >= 0.3 is 5.97 Å². The highest BCUT2D eigenvalue weighted by Crippen LogP contribution is 2.39. The van der Waals surface area contributed by atoms with E-state index in [9.17, 15) is 4.79 Å². The molecule has 0 bridgehead atoms. The summed E-state index contributed by atoms with van der Waals surface area (Å²) in [6.45, 7) is 21.8. The van der Waals surface area contributed by atoms with E-state index in [1.54, 1.807) is 12.3 Å². The standard InChI is InChI=1S/C18H36O4Si2/c1-17(2,3)23(8,9)21-14-15(12-13-16(19)20-7)22-24(10,11)18(4,5)6/h12-14H,1-11H3/b13-12+,15-14-. The second-order valence-electron chi connectivity index (χ2n) is 9.12. The van der Waals surface area contributed by atoms with E-state index in [1.165, 1.54) is 13.2 Å². The predicted molar refractivity (Wildman–Crippen MR) is 106 cm³/mol. The molecule has 140 valence electrons. The van der Waals surface area contributed by atoms with Gasteiger partial charge in [-0.25, -0.2) is 4.79 Å². The Morgan fingerprint density at radius 1 is 0.833 bits per heavy atom. The van der Waals surface area contributed by atoms with E-state index in [0.29, 0.717) is 5.76 Å². The molecular formula is C18H36O4Si2. The molecule has 6 heteroatoms. The summed E-state index contributed by atoms with van der Waals surface area (Å²) in [5, 5.41) is 0.153. The molecule has 0 radical (unpaired) electrons. The molecule has 24 heavy (non-hydrogen) atoms. The molecule has 0 atom stereocenters. The molecule has 0 amide bonds. The number of hydrogen-bond acceptors (Lipinski definition) is 4. The van der Waals surface area contributed by atoms with Gasteiger partial charge in [0, 0.05) is 6.08 Å². The quantitative estimate of drug-likeness (QED) is 0.200. The molecule has 0 aromatic carbocycles. The van der Waals surface area contributed by atoms with E-state index < -0.39 is 22.6 Å². The van der Waals surface area contributed by atoms with Gasteiger partial charge in [0.2, 0.25) is 8.32 Å². The highest BCUT2D eigenvalue weighted by atomic mass is 28.4. The summed E-state index contributed by atoms with van der Waals surface area (Å²) in [5.41, 5.74) is 0. The second-order valence-corrected chi connectivity index (χ2v) is 18.6. The summed E-state index contributed by atoms with van der Waals surface area (Å²) in [5.74, 6) is 0.170. The molecule has 0 rings (SSSR count). The minimum Gasteiger partial charge on any atom is -0.546 e. The van der Waals surface area contributed by atoms with Gasteiger partial charge in [0.1, 0.15) is 12.0 Å². The van der Waals surface area contributed by atoms with E-state index >= 15 is 0 Å². The van der Waals surface area contributed by atoms with Crippen LogP contribution in [0.25, 0.3) is 0 Å². The Labute approximate surface area is 150 Å². The Morgan fingerprint density at radius 2 is 1.29 bits per heavy atom. The fraction of sp³-hybridized carbons (Fsp3) is 0.722. The van der Waals surface area contributed by atoms with Crippen molar-refractivity contribution in [3.63, 3.8) is 0 Å². The lowest BCUT2D eigenvalue weighted by Gasteiger charge is -2.38. The Kier molecular flexibility index (Phi) is 7.57. The Bertz CT molecular complexity index is 492. The van der Waals surface area contributed by atoms with Gasteiger partial charge in [0.05, 0.1) is 7.11 Å². The first-order chi connectivity index (χ1) is 10.5. The maximum atomic E-state index is 11.4. The number of ether oxygens (including phenoxy) is 1. The Morgan fingerprint density at radius 3 is 1.67 bits per heavy atom. The third kappa shape index (κ3) is 6.85. The number of carbonyl (C=O) groups is 1.